The molecule has 2 unspecified atom stereocenters. The van der Waals surface area contributed by atoms with Crippen LogP contribution in [-0.4, -0.2) is 33.9 Å². The first-order valence-electron chi connectivity index (χ1n) is 7.71. The number of aryl methyl sites for hydroxylation is 1. The Bertz CT molecular complexity index is 658. The molecule has 2 atom stereocenters. The topological polar surface area (TPSA) is 46.1 Å². The van der Waals surface area contributed by atoms with Crippen LogP contribution < -0.4 is 0 Å². The fraction of sp³-hybridized carbons (Fsp3) is 0.471. The number of amides is 1. The van der Waals surface area contributed by atoms with Gasteiger partial charge in [0.05, 0.1) is 5.69 Å². The quantitative estimate of drug-likeness (QED) is 0.850. The number of rotatable bonds is 2. The highest BCUT2D eigenvalue weighted by molar-refractivity contribution is 7.17. The number of likely N-dealkylation sites (tertiary alicyclic amines) is 1. The first-order chi connectivity index (χ1) is 10.5. The van der Waals surface area contributed by atoms with E-state index in [1.807, 2.05) is 24.0 Å². The number of nitrogens with zero attached hydrogens (tertiary/aromatic N) is 3. The zero-order valence-electron chi connectivity index (χ0n) is 13.2. The van der Waals surface area contributed by atoms with E-state index in [0.717, 1.165) is 34.2 Å². The largest absolute Gasteiger partial charge is 0.337 e. The van der Waals surface area contributed by atoms with Crippen LogP contribution in [0.25, 0.3) is 10.6 Å². The molecule has 2 aromatic heterocycles. The summed E-state index contributed by atoms with van der Waals surface area (Å²) in [5, 5.41) is 0.890. The van der Waals surface area contributed by atoms with E-state index in [2.05, 4.69) is 23.8 Å². The highest BCUT2D eigenvalue weighted by atomic mass is 32.1. The van der Waals surface area contributed by atoms with Gasteiger partial charge in [0.1, 0.15) is 9.88 Å². The van der Waals surface area contributed by atoms with Crippen molar-refractivity contribution in [3.05, 3.63) is 35.1 Å². The van der Waals surface area contributed by atoms with Crippen molar-refractivity contribution >= 4 is 17.2 Å². The number of hydrogen-bond donors (Lipinski definition) is 0. The Hall–Kier alpha value is -1.75. The van der Waals surface area contributed by atoms with Gasteiger partial charge in [-0.25, -0.2) is 4.98 Å². The molecule has 2 aromatic rings. The van der Waals surface area contributed by atoms with Gasteiger partial charge in [-0.15, -0.1) is 11.3 Å². The molecule has 0 spiro atoms. The van der Waals surface area contributed by atoms with Crippen LogP contribution in [0.3, 0.4) is 0 Å². The summed E-state index contributed by atoms with van der Waals surface area (Å²) in [6.07, 6.45) is 4.71. The average Bonchev–Trinajstić information content (AvgIpc) is 2.88. The van der Waals surface area contributed by atoms with E-state index < -0.39 is 0 Å². The smallest absolute Gasteiger partial charge is 0.265 e. The number of pyridine rings is 1. The summed E-state index contributed by atoms with van der Waals surface area (Å²) < 4.78 is 0. The SMILES string of the molecule is Cc1nc(-c2ccncc2)sc1C(=O)N1CC(C)CC(C)C1. The third-order valence-electron chi connectivity index (χ3n) is 4.07. The first-order valence-corrected chi connectivity index (χ1v) is 8.53. The van der Waals surface area contributed by atoms with E-state index in [1.165, 1.54) is 17.8 Å². The Morgan fingerprint density at radius 2 is 1.86 bits per heavy atom. The van der Waals surface area contributed by atoms with Crippen LogP contribution in [0.15, 0.2) is 24.5 Å². The van der Waals surface area contributed by atoms with Crippen molar-refractivity contribution in [3.63, 3.8) is 0 Å². The molecule has 1 aliphatic rings. The van der Waals surface area contributed by atoms with Crippen molar-refractivity contribution in [1.29, 1.82) is 0 Å². The molecule has 1 amide bonds. The molecule has 0 aliphatic carbocycles. The van der Waals surface area contributed by atoms with Gasteiger partial charge < -0.3 is 4.90 Å². The summed E-state index contributed by atoms with van der Waals surface area (Å²) in [6.45, 7) is 8.07. The highest BCUT2D eigenvalue weighted by Gasteiger charge is 2.28. The van der Waals surface area contributed by atoms with Crippen molar-refractivity contribution < 1.29 is 4.79 Å². The molecule has 0 saturated carbocycles. The van der Waals surface area contributed by atoms with Crippen molar-refractivity contribution in [2.75, 3.05) is 13.1 Å². The normalized spacial score (nSPS) is 21.9. The number of hydrogen-bond acceptors (Lipinski definition) is 4. The third-order valence-corrected chi connectivity index (χ3v) is 5.27. The Kier molecular flexibility index (Phi) is 4.25. The van der Waals surface area contributed by atoms with Gasteiger partial charge in [-0.05, 0) is 37.3 Å². The highest BCUT2D eigenvalue weighted by Crippen LogP contribution is 2.30. The molecular weight excluding hydrogens is 294 g/mol. The lowest BCUT2D eigenvalue weighted by Gasteiger charge is -2.34. The average molecular weight is 315 g/mol. The summed E-state index contributed by atoms with van der Waals surface area (Å²) in [4.78, 5) is 24.2. The predicted octanol–water partition coefficient (Wildman–Crippen LogP) is 3.63. The lowest BCUT2D eigenvalue weighted by molar-refractivity contribution is 0.0627. The van der Waals surface area contributed by atoms with Crippen LogP contribution in [0, 0.1) is 18.8 Å². The van der Waals surface area contributed by atoms with Crippen molar-refractivity contribution in [2.24, 2.45) is 11.8 Å². The minimum absolute atomic E-state index is 0.133. The molecule has 1 saturated heterocycles. The second-order valence-electron chi connectivity index (χ2n) is 6.33. The van der Waals surface area contributed by atoms with Crippen LogP contribution in [0.4, 0.5) is 0 Å². The van der Waals surface area contributed by atoms with E-state index in [0.29, 0.717) is 11.8 Å². The fourth-order valence-electron chi connectivity index (χ4n) is 3.19. The fourth-order valence-corrected chi connectivity index (χ4v) is 4.22. The molecule has 0 aromatic carbocycles. The molecule has 0 bridgehead atoms. The van der Waals surface area contributed by atoms with Crippen LogP contribution in [0.2, 0.25) is 0 Å². The summed E-state index contributed by atoms with van der Waals surface area (Å²) in [5.74, 6) is 1.27. The molecule has 3 heterocycles. The van der Waals surface area contributed by atoms with Gasteiger partial charge in [-0.2, -0.15) is 0 Å². The molecule has 0 radical (unpaired) electrons. The molecule has 1 fully saturated rings. The van der Waals surface area contributed by atoms with Crippen molar-refractivity contribution in [1.82, 2.24) is 14.9 Å². The molecule has 4 nitrogen and oxygen atoms in total. The number of piperidine rings is 1. The Morgan fingerprint density at radius 1 is 1.23 bits per heavy atom. The lowest BCUT2D eigenvalue weighted by Crippen LogP contribution is -2.42. The van der Waals surface area contributed by atoms with E-state index in [4.69, 9.17) is 0 Å². The van der Waals surface area contributed by atoms with Gasteiger partial charge in [-0.1, -0.05) is 13.8 Å². The maximum Gasteiger partial charge on any atom is 0.265 e. The second-order valence-corrected chi connectivity index (χ2v) is 7.32. The molecule has 1 aliphatic heterocycles. The van der Waals surface area contributed by atoms with Crippen molar-refractivity contribution in [3.8, 4) is 10.6 Å². The first kappa shape index (κ1) is 15.2. The number of carbonyl (C=O) groups is 1. The zero-order chi connectivity index (χ0) is 15.7. The standard InChI is InChI=1S/C17H21N3OS/c1-11-8-12(2)10-20(9-11)17(21)15-13(3)19-16(22-15)14-4-6-18-7-5-14/h4-7,11-12H,8-10H2,1-3H3. The molecule has 22 heavy (non-hydrogen) atoms. The zero-order valence-corrected chi connectivity index (χ0v) is 14.1. The van der Waals surface area contributed by atoms with Gasteiger partial charge in [0, 0.05) is 31.0 Å². The maximum absolute atomic E-state index is 12.8. The van der Waals surface area contributed by atoms with Gasteiger partial charge in [0.2, 0.25) is 0 Å². The number of carbonyl (C=O) groups excluding carboxylic acids is 1. The second kappa shape index (κ2) is 6.16. The van der Waals surface area contributed by atoms with Crippen LogP contribution in [0.1, 0.15) is 35.6 Å². The molecule has 5 heteroatoms. The molecule has 0 N–H and O–H groups in total. The monoisotopic (exact) mass is 315 g/mol. The van der Waals surface area contributed by atoms with E-state index >= 15 is 0 Å². The maximum atomic E-state index is 12.8. The Morgan fingerprint density at radius 3 is 2.50 bits per heavy atom. The van der Waals surface area contributed by atoms with Crippen molar-refractivity contribution in [2.45, 2.75) is 27.2 Å². The van der Waals surface area contributed by atoms with E-state index in [1.54, 1.807) is 12.4 Å². The minimum atomic E-state index is 0.133. The Balaban J connectivity index is 1.86. The molecule has 3 rings (SSSR count). The predicted molar refractivity (Wildman–Crippen MR) is 88.9 cm³/mol. The van der Waals surface area contributed by atoms with E-state index in [9.17, 15) is 4.79 Å². The summed E-state index contributed by atoms with van der Waals surface area (Å²) in [5.41, 5.74) is 1.84. The van der Waals surface area contributed by atoms with Crippen LogP contribution in [-0.2, 0) is 0 Å². The van der Waals surface area contributed by atoms with Gasteiger partial charge in [-0.3, -0.25) is 9.78 Å². The third kappa shape index (κ3) is 3.04. The summed E-state index contributed by atoms with van der Waals surface area (Å²) in [7, 11) is 0. The molecular formula is C17H21N3OS. The lowest BCUT2D eigenvalue weighted by atomic mass is 9.92. The summed E-state index contributed by atoms with van der Waals surface area (Å²) >= 11 is 1.49. The van der Waals surface area contributed by atoms with Gasteiger partial charge >= 0.3 is 0 Å². The Labute approximate surface area is 135 Å². The number of thiazole rings is 1. The number of aromatic nitrogens is 2. The van der Waals surface area contributed by atoms with Gasteiger partial charge in [0.15, 0.2) is 0 Å². The summed E-state index contributed by atoms with van der Waals surface area (Å²) in [6, 6.07) is 3.86. The van der Waals surface area contributed by atoms with Gasteiger partial charge in [0.25, 0.3) is 5.91 Å². The molecule has 116 valence electrons. The van der Waals surface area contributed by atoms with Crippen LogP contribution >= 0.6 is 11.3 Å². The minimum Gasteiger partial charge on any atom is -0.337 e. The van der Waals surface area contributed by atoms with Crippen LogP contribution in [0.5, 0.6) is 0 Å². The van der Waals surface area contributed by atoms with E-state index in [-0.39, 0.29) is 5.91 Å².